The fourth-order valence-electron chi connectivity index (χ4n) is 2.49. The Bertz CT molecular complexity index is 187. The summed E-state index contributed by atoms with van der Waals surface area (Å²) in [6.45, 7) is 6.43. The fourth-order valence-corrected chi connectivity index (χ4v) is 2.49. The molecule has 0 bridgehead atoms. The summed E-state index contributed by atoms with van der Waals surface area (Å²) in [7, 11) is 0. The maximum atomic E-state index is 11.0. The van der Waals surface area contributed by atoms with Gasteiger partial charge in [0.25, 0.3) is 0 Å². The second kappa shape index (κ2) is 4.12. The van der Waals surface area contributed by atoms with Gasteiger partial charge in [0.15, 0.2) is 0 Å². The van der Waals surface area contributed by atoms with Crippen LogP contribution in [0.15, 0.2) is 0 Å². The fraction of sp³-hybridized carbons (Fsp3) is 0.909. The summed E-state index contributed by atoms with van der Waals surface area (Å²) in [6.07, 6.45) is 3.17. The molecule has 0 heterocycles. The molecule has 13 heavy (non-hydrogen) atoms. The minimum atomic E-state index is -0.592. The van der Waals surface area contributed by atoms with E-state index in [-0.39, 0.29) is 5.92 Å². The maximum Gasteiger partial charge on any atom is 0.306 e. The Morgan fingerprint density at radius 1 is 1.38 bits per heavy atom. The van der Waals surface area contributed by atoms with Gasteiger partial charge in [0.05, 0.1) is 5.92 Å². The summed E-state index contributed by atoms with van der Waals surface area (Å²) in [4.78, 5) is 11.0. The van der Waals surface area contributed by atoms with E-state index in [2.05, 4.69) is 20.8 Å². The number of hydrogen-bond acceptors (Lipinski definition) is 1. The van der Waals surface area contributed by atoms with Crippen molar-refractivity contribution >= 4 is 5.97 Å². The third kappa shape index (κ3) is 2.45. The Kier molecular flexibility index (Phi) is 3.34. The molecule has 2 nitrogen and oxygen atoms in total. The van der Waals surface area contributed by atoms with E-state index in [9.17, 15) is 4.79 Å². The summed E-state index contributed by atoms with van der Waals surface area (Å²) >= 11 is 0. The largest absolute Gasteiger partial charge is 0.481 e. The monoisotopic (exact) mass is 184 g/mol. The zero-order chi connectivity index (χ0) is 10.0. The van der Waals surface area contributed by atoms with Crippen molar-refractivity contribution in [3.8, 4) is 0 Å². The standard InChI is InChI=1S/C11H20O2/c1-7(2)9-5-4-8(3)6-10(9)11(12)13/h7-10H,4-6H2,1-3H3,(H,12,13)/t8-,9+,10+/m1/s1. The predicted octanol–water partition coefficient (Wildman–Crippen LogP) is 2.78. The summed E-state index contributed by atoms with van der Waals surface area (Å²) in [5, 5.41) is 9.08. The molecular formula is C11H20O2. The van der Waals surface area contributed by atoms with E-state index in [1.165, 1.54) is 6.42 Å². The van der Waals surface area contributed by atoms with Crippen LogP contribution in [0.4, 0.5) is 0 Å². The van der Waals surface area contributed by atoms with Gasteiger partial charge in [0, 0.05) is 0 Å². The predicted molar refractivity (Wildman–Crippen MR) is 52.5 cm³/mol. The van der Waals surface area contributed by atoms with Crippen LogP contribution < -0.4 is 0 Å². The van der Waals surface area contributed by atoms with Gasteiger partial charge in [-0.05, 0) is 30.6 Å². The average Bonchev–Trinajstić information content (AvgIpc) is 2.03. The van der Waals surface area contributed by atoms with E-state index in [1.54, 1.807) is 0 Å². The summed E-state index contributed by atoms with van der Waals surface area (Å²) < 4.78 is 0. The molecule has 0 aromatic carbocycles. The normalized spacial score (nSPS) is 34.9. The van der Waals surface area contributed by atoms with Crippen molar-refractivity contribution < 1.29 is 9.90 Å². The summed E-state index contributed by atoms with van der Waals surface area (Å²) in [5.41, 5.74) is 0. The SMILES string of the molecule is CC(C)[C@@H]1CC[C@@H](C)C[C@@H]1C(=O)O. The second-order valence-corrected chi connectivity index (χ2v) is 4.77. The van der Waals surface area contributed by atoms with Crippen LogP contribution in [0.25, 0.3) is 0 Å². The molecule has 0 spiro atoms. The molecule has 0 saturated heterocycles. The lowest BCUT2D eigenvalue weighted by atomic mass is 9.70. The van der Waals surface area contributed by atoms with Crippen LogP contribution in [0.2, 0.25) is 0 Å². The Morgan fingerprint density at radius 3 is 2.46 bits per heavy atom. The van der Waals surface area contributed by atoms with Gasteiger partial charge in [-0.25, -0.2) is 0 Å². The Morgan fingerprint density at radius 2 is 2.00 bits per heavy atom. The van der Waals surface area contributed by atoms with Gasteiger partial charge in [-0.15, -0.1) is 0 Å². The van der Waals surface area contributed by atoms with E-state index in [0.29, 0.717) is 17.8 Å². The molecule has 0 radical (unpaired) electrons. The van der Waals surface area contributed by atoms with Crippen LogP contribution in [0.1, 0.15) is 40.0 Å². The number of carboxylic acid groups (broad SMARTS) is 1. The third-order valence-corrected chi connectivity index (χ3v) is 3.34. The number of aliphatic carboxylic acids is 1. The van der Waals surface area contributed by atoms with Crippen LogP contribution in [0.3, 0.4) is 0 Å². The van der Waals surface area contributed by atoms with Gasteiger partial charge in [-0.2, -0.15) is 0 Å². The highest BCUT2D eigenvalue weighted by atomic mass is 16.4. The molecule has 0 amide bonds. The number of carbonyl (C=O) groups is 1. The molecule has 1 saturated carbocycles. The molecule has 1 N–H and O–H groups in total. The van der Waals surface area contributed by atoms with Gasteiger partial charge in [-0.3, -0.25) is 4.79 Å². The van der Waals surface area contributed by atoms with Crippen molar-refractivity contribution in [2.75, 3.05) is 0 Å². The molecule has 1 aliphatic rings. The van der Waals surface area contributed by atoms with Gasteiger partial charge >= 0.3 is 5.97 Å². The van der Waals surface area contributed by atoms with E-state index in [4.69, 9.17) is 5.11 Å². The first-order chi connectivity index (χ1) is 6.02. The lowest BCUT2D eigenvalue weighted by molar-refractivity contribution is -0.146. The average molecular weight is 184 g/mol. The molecule has 0 aromatic rings. The smallest absolute Gasteiger partial charge is 0.306 e. The lowest BCUT2D eigenvalue weighted by Crippen LogP contribution is -2.33. The second-order valence-electron chi connectivity index (χ2n) is 4.77. The third-order valence-electron chi connectivity index (χ3n) is 3.34. The molecule has 1 aliphatic carbocycles. The first-order valence-electron chi connectivity index (χ1n) is 5.25. The minimum Gasteiger partial charge on any atom is -0.481 e. The maximum absolute atomic E-state index is 11.0. The topological polar surface area (TPSA) is 37.3 Å². The van der Waals surface area contributed by atoms with Crippen molar-refractivity contribution in [2.24, 2.45) is 23.7 Å². The molecule has 1 rings (SSSR count). The zero-order valence-corrected chi connectivity index (χ0v) is 8.79. The Labute approximate surface area is 80.3 Å². The zero-order valence-electron chi connectivity index (χ0n) is 8.79. The molecule has 2 heteroatoms. The molecule has 0 aromatic heterocycles. The van der Waals surface area contributed by atoms with Crippen LogP contribution in [-0.2, 0) is 4.79 Å². The van der Waals surface area contributed by atoms with Crippen LogP contribution in [0.5, 0.6) is 0 Å². The molecule has 1 fully saturated rings. The van der Waals surface area contributed by atoms with Crippen molar-refractivity contribution in [3.63, 3.8) is 0 Å². The van der Waals surface area contributed by atoms with E-state index in [1.807, 2.05) is 0 Å². The van der Waals surface area contributed by atoms with E-state index >= 15 is 0 Å². The van der Waals surface area contributed by atoms with Crippen LogP contribution in [-0.4, -0.2) is 11.1 Å². The van der Waals surface area contributed by atoms with E-state index < -0.39 is 5.97 Å². The first kappa shape index (κ1) is 10.6. The van der Waals surface area contributed by atoms with E-state index in [0.717, 1.165) is 12.8 Å². The Hall–Kier alpha value is -0.530. The lowest BCUT2D eigenvalue weighted by Gasteiger charge is -2.34. The summed E-state index contributed by atoms with van der Waals surface area (Å²) in [6, 6.07) is 0. The molecular weight excluding hydrogens is 164 g/mol. The van der Waals surface area contributed by atoms with Crippen molar-refractivity contribution in [1.82, 2.24) is 0 Å². The van der Waals surface area contributed by atoms with Gasteiger partial charge in [0.2, 0.25) is 0 Å². The Balaban J connectivity index is 2.66. The molecule has 3 atom stereocenters. The molecule has 0 aliphatic heterocycles. The summed E-state index contributed by atoms with van der Waals surface area (Å²) in [5.74, 6) is 0.812. The highest BCUT2D eigenvalue weighted by molar-refractivity contribution is 5.70. The highest BCUT2D eigenvalue weighted by Crippen LogP contribution is 2.37. The van der Waals surface area contributed by atoms with Gasteiger partial charge in [-0.1, -0.05) is 27.2 Å². The van der Waals surface area contributed by atoms with Gasteiger partial charge in [0.1, 0.15) is 0 Å². The number of hydrogen-bond donors (Lipinski definition) is 1. The quantitative estimate of drug-likeness (QED) is 0.716. The number of carboxylic acids is 1. The van der Waals surface area contributed by atoms with Crippen molar-refractivity contribution in [1.29, 1.82) is 0 Å². The van der Waals surface area contributed by atoms with Crippen LogP contribution in [0, 0.1) is 23.7 Å². The van der Waals surface area contributed by atoms with Crippen molar-refractivity contribution in [2.45, 2.75) is 40.0 Å². The number of rotatable bonds is 2. The van der Waals surface area contributed by atoms with Crippen LogP contribution >= 0.6 is 0 Å². The first-order valence-corrected chi connectivity index (χ1v) is 5.25. The van der Waals surface area contributed by atoms with Crippen molar-refractivity contribution in [3.05, 3.63) is 0 Å². The molecule has 0 unspecified atom stereocenters. The molecule has 76 valence electrons. The minimum absolute atomic E-state index is 0.0938. The van der Waals surface area contributed by atoms with Gasteiger partial charge < -0.3 is 5.11 Å². The highest BCUT2D eigenvalue weighted by Gasteiger charge is 2.35.